The maximum Gasteiger partial charge on any atom is 0.408 e. The number of unbranched alkanes of at least 4 members (excludes halogenated alkanes) is 7. The van der Waals surface area contributed by atoms with Crippen molar-refractivity contribution in [2.24, 2.45) is 0 Å². The van der Waals surface area contributed by atoms with E-state index in [1.165, 1.54) is 56.3 Å². The Morgan fingerprint density at radius 3 is 1.48 bits per heavy atom. The number of aliphatic hydroxyl groups is 6. The number of hydrogen-bond acceptors (Lipinski definition) is 40. The Hall–Kier alpha value is -8.68. The molecule has 2 fully saturated rings. The topological polar surface area (TPSA) is 511 Å². The smallest absolute Gasteiger partial charge is 0.408 e. The van der Waals surface area contributed by atoms with Crippen LogP contribution < -0.4 is 39.1 Å². The van der Waals surface area contributed by atoms with Gasteiger partial charge in [0.2, 0.25) is 5.69 Å². The van der Waals surface area contributed by atoms with Crippen molar-refractivity contribution in [2.75, 3.05) is 202 Å². The van der Waals surface area contributed by atoms with Crippen LogP contribution in [0, 0.1) is 0 Å². The largest absolute Gasteiger partial charge is 0.491 e. The van der Waals surface area contributed by atoms with Crippen molar-refractivity contribution in [1.29, 1.82) is 0 Å². The monoisotopic (exact) mass is 2150 g/mol. The third-order valence-electron chi connectivity index (χ3n) is 20.0. The minimum atomic E-state index is -1.04. The second kappa shape index (κ2) is 78.5. The van der Waals surface area contributed by atoms with Gasteiger partial charge in [-0.05, 0) is 182 Å². The number of aromatic nitrogens is 3. The Morgan fingerprint density at radius 2 is 1.01 bits per heavy atom. The summed E-state index contributed by atoms with van der Waals surface area (Å²) in [5.74, 6) is 2.80. The highest BCUT2D eigenvalue weighted by molar-refractivity contribution is 8.77. The number of hydrogen-bond donors (Lipinski definition) is 9. The summed E-state index contributed by atoms with van der Waals surface area (Å²) in [5, 5.41) is 78.7. The zero-order valence-electron chi connectivity index (χ0n) is 87.9. The first kappa shape index (κ1) is 131. The first-order valence-electron chi connectivity index (χ1n) is 50.0. The normalized spacial score (nSPS) is 16.5. The summed E-state index contributed by atoms with van der Waals surface area (Å²) in [5.41, 5.74) is -1.88. The summed E-state index contributed by atoms with van der Waals surface area (Å²) < 4.78 is 105. The van der Waals surface area contributed by atoms with E-state index in [1.807, 2.05) is 128 Å². The van der Waals surface area contributed by atoms with Crippen LogP contribution in [0.25, 0.3) is 10.8 Å². The van der Waals surface area contributed by atoms with Crippen LogP contribution >= 0.6 is 45.1 Å². The third-order valence-corrected chi connectivity index (χ3v) is 25.2. The molecule has 2 amide bonds. The van der Waals surface area contributed by atoms with E-state index in [1.54, 1.807) is 55.4 Å². The molecule has 0 spiro atoms. The van der Waals surface area contributed by atoms with Crippen molar-refractivity contribution in [3.63, 3.8) is 0 Å². The molecule has 3 aliphatic heterocycles. The number of nitrogens with one attached hydrogen (secondary N) is 2. The Morgan fingerprint density at radius 1 is 0.521 bits per heavy atom. The molecule has 4 heterocycles. The Labute approximate surface area is 876 Å². The molecule has 830 valence electrons. The zero-order valence-corrected chi connectivity index (χ0v) is 91.2. The van der Waals surface area contributed by atoms with Crippen LogP contribution in [0.1, 0.15) is 232 Å². The van der Waals surface area contributed by atoms with Crippen LogP contribution in [0.2, 0.25) is 0 Å². The van der Waals surface area contributed by atoms with Crippen LogP contribution in [-0.4, -0.2) is 352 Å². The number of benzene rings is 4. The highest BCUT2D eigenvalue weighted by Gasteiger charge is 2.55. The fourth-order valence-electron chi connectivity index (χ4n) is 13.3. The predicted molar refractivity (Wildman–Crippen MR) is 558 cm³/mol. The number of rotatable bonds is 48. The van der Waals surface area contributed by atoms with E-state index in [9.17, 15) is 53.7 Å². The number of carboxylic acids is 1. The molecule has 3 aliphatic rings. The average molecular weight is 2150 g/mol. The molecule has 5 aromatic rings. The van der Waals surface area contributed by atoms with E-state index in [-0.39, 0.29) is 74.8 Å². The van der Waals surface area contributed by atoms with E-state index in [2.05, 4.69) is 42.2 Å². The van der Waals surface area contributed by atoms with Crippen molar-refractivity contribution in [2.45, 2.75) is 251 Å². The van der Waals surface area contributed by atoms with Crippen LogP contribution in [0.3, 0.4) is 0 Å². The van der Waals surface area contributed by atoms with Gasteiger partial charge in [-0.15, -0.1) is 16.9 Å². The number of aliphatic hydroxyl groups excluding tert-OH is 6. The van der Waals surface area contributed by atoms with E-state index in [0.717, 1.165) is 115 Å². The molecule has 0 aliphatic carbocycles. The molecule has 2 saturated heterocycles. The number of methoxy groups -OCH3 is 2. The van der Waals surface area contributed by atoms with Gasteiger partial charge < -0.3 is 136 Å². The van der Waals surface area contributed by atoms with Gasteiger partial charge >= 0.3 is 48.0 Å². The quantitative estimate of drug-likeness (QED) is 0.00436. The number of fused-ring (bicyclic) bond motifs is 3. The first-order chi connectivity index (χ1) is 70.1. The molecule has 9 N–H and O–H groups in total. The molecule has 0 radical (unpaired) electrons. The van der Waals surface area contributed by atoms with Crippen molar-refractivity contribution in [3.05, 3.63) is 95.8 Å². The Bertz CT molecular complexity index is 4330. The van der Waals surface area contributed by atoms with Crippen molar-refractivity contribution >= 4 is 104 Å². The molecule has 8 rings (SSSR count). The number of nitrogens with zero attached hydrogens (tertiary/aromatic N) is 4. The lowest BCUT2D eigenvalue weighted by molar-refractivity contribution is -0.155. The molecule has 40 nitrogen and oxygen atoms in total. The molecule has 4 aromatic carbocycles. The van der Waals surface area contributed by atoms with Crippen LogP contribution in [-0.2, 0) is 80.8 Å². The maximum absolute atomic E-state index is 13.1. The molecule has 0 saturated carbocycles. The fraction of sp³-hybridized carbons (Fsp3) is 0.686. The van der Waals surface area contributed by atoms with E-state index < -0.39 is 82.6 Å². The highest BCUT2D eigenvalue weighted by Crippen LogP contribution is 2.47. The molecule has 44 heteroatoms. The van der Waals surface area contributed by atoms with Crippen molar-refractivity contribution in [1.82, 2.24) is 30.5 Å². The summed E-state index contributed by atoms with van der Waals surface area (Å²) in [7, 11) is 6.43. The number of carbonyl (C=O) groups excluding carboxylic acids is 7. The molecule has 1 aromatic heterocycles. The number of esters is 5. The first-order valence-corrected chi connectivity index (χ1v) is 54.6. The summed E-state index contributed by atoms with van der Waals surface area (Å²) in [4.78, 5) is 95.8. The van der Waals surface area contributed by atoms with Crippen LogP contribution in [0.4, 0.5) is 9.59 Å². The zero-order chi connectivity index (χ0) is 108. The number of ether oxygens (including phenoxy) is 19. The molecular formula is C102H164N6O34S4. The van der Waals surface area contributed by atoms with Gasteiger partial charge in [-0.3, -0.25) is 14.5 Å². The summed E-state index contributed by atoms with van der Waals surface area (Å²) in [6.45, 7) is 31.7. The lowest BCUT2D eigenvalue weighted by atomic mass is 10.1. The molecule has 146 heavy (non-hydrogen) atoms. The second-order valence-electron chi connectivity index (χ2n) is 35.6. The van der Waals surface area contributed by atoms with Gasteiger partial charge in [0.15, 0.2) is 28.7 Å². The minimum Gasteiger partial charge on any atom is -0.491 e. The number of thioether (sulfide) groups is 2. The summed E-state index contributed by atoms with van der Waals surface area (Å²) >= 11 is 2.57. The van der Waals surface area contributed by atoms with E-state index in [4.69, 9.17) is 101 Å². The van der Waals surface area contributed by atoms with Crippen molar-refractivity contribution < 1.29 is 164 Å². The lowest BCUT2D eigenvalue weighted by Gasteiger charge is -2.23. The Balaban J connectivity index is 0.000000479. The third kappa shape index (κ3) is 59.1. The molecule has 8 unspecified atom stereocenters. The highest BCUT2D eigenvalue weighted by atomic mass is 33.1. The van der Waals surface area contributed by atoms with E-state index >= 15 is 0 Å². The standard InChI is InChI=1S/C36H53NO11.C18H24O6.C15H29NO5S.C14H23N3O5.C11H21NO5S.C8H14O2S2/c1-36(2,3)48-35(39)34-33(37(34)13-7-4-8-14-38)28-11-12-31-32(27-28)47-26-22-43-18-17-41-20-24-45-30-10-6-5-9-29(30)44-23-19-40-15-16-42-21-25-46-31;19-7-9-21-11-13-23-17-5-1-3-15-16(17)4-2-6-18(15)24-14-12-22-10-8-20;1-6-7-8-9-12(17)22-10-11(13(18)20-5)16-14(19)21-15(2,3)4;1-4-7-8-9-10(18)17-12(14(20)22-6-3)11(15-16-17)13(19)21-5-2;1-11(2,3)17-10(15)12-8(9(14)16-4)7-18-6-5-13;9-8(10)4-2-1-3-7-5-6-11-12-7/h5-6,9-12,27,33-34,38H,4,7-8,13-26H2,1-3H3;1-6,19-20H,7-14H2;11-12,17H,6-10H2,1-5H3,(H,16,19);10,18H,4-9H2,1-3H3;8,13H,5-7H2,1-4H3,(H,12,15);7H,1-6H2,(H,9,10). The minimum absolute atomic E-state index is 0.0109. The van der Waals surface area contributed by atoms with Crippen molar-refractivity contribution in [3.8, 4) is 34.5 Å². The summed E-state index contributed by atoms with van der Waals surface area (Å²) in [6.07, 6.45) is 11.8. The molecule has 8 atom stereocenters. The molecular weight excluding hydrogens is 1980 g/mol. The van der Waals surface area contributed by atoms with Gasteiger partial charge in [-0.1, -0.05) is 122 Å². The Kier molecular flexibility index (Phi) is 70.7. The number of carbonyl (C=O) groups is 8. The SMILES string of the molecule is CC(C)(C)OC(=O)C1C(c2ccc3c(c2)OCCOCCOCCOc2ccccc2OCCOCCOCCO3)N1CCCCCO.CCCCCC(O)SCC(NC(=O)OC(C)(C)C)C(=O)OC.CCCCCC(O)n1nnc(C(=O)OCC)c1C(=O)OCC.COC(=O)C(CSCCO)NC(=O)OC(C)(C)C.O=C(O)CCCCC1CCSS1.OCCOCCOc1cccc2c(OCCOCCO)cccc12. The van der Waals surface area contributed by atoms with E-state index in [0.29, 0.717) is 173 Å². The predicted octanol–water partition coefficient (Wildman–Crippen LogP) is 13.8. The number of para-hydroxylation sites is 2. The van der Waals surface area contributed by atoms with Gasteiger partial charge in [-0.2, -0.15) is 11.8 Å². The van der Waals surface area contributed by atoms with Crippen LogP contribution in [0.15, 0.2) is 78.9 Å². The number of aliphatic carboxylic acids is 1. The number of alkyl carbamates (subject to hydrolysis) is 2. The summed E-state index contributed by atoms with van der Waals surface area (Å²) in [6, 6.07) is 22.8. The van der Waals surface area contributed by atoms with Gasteiger partial charge in [0.1, 0.15) is 92.3 Å². The fourth-order valence-corrected chi connectivity index (χ4v) is 18.0. The van der Waals surface area contributed by atoms with Gasteiger partial charge in [0.05, 0.1) is 138 Å². The van der Waals surface area contributed by atoms with Gasteiger partial charge in [-0.25, -0.2) is 33.4 Å². The lowest BCUT2D eigenvalue weighted by Crippen LogP contribution is -2.45. The second-order valence-corrected chi connectivity index (χ2v) is 40.7. The molecule has 0 bridgehead atoms. The number of carboxylic acid groups (broad SMARTS) is 1. The average Bonchev–Trinajstić information content (AvgIpc) is 1.58. The number of amides is 2. The van der Waals surface area contributed by atoms with Crippen LogP contribution in [0.5, 0.6) is 34.5 Å². The van der Waals surface area contributed by atoms with Gasteiger partial charge in [0, 0.05) is 52.1 Å². The maximum atomic E-state index is 13.1. The van der Waals surface area contributed by atoms with Gasteiger partial charge in [0.25, 0.3) is 0 Å².